The Morgan fingerprint density at radius 2 is 2.18 bits per heavy atom. The summed E-state index contributed by atoms with van der Waals surface area (Å²) < 4.78 is 6.12. The van der Waals surface area contributed by atoms with Crippen molar-refractivity contribution in [3.05, 3.63) is 22.3 Å². The lowest BCUT2D eigenvalue weighted by Gasteiger charge is -2.21. The number of hydrogen-bond donors (Lipinski definition) is 1. The number of pyridine rings is 1. The van der Waals surface area contributed by atoms with E-state index in [0.29, 0.717) is 12.2 Å². The predicted octanol–water partition coefficient (Wildman–Crippen LogP) is 2.91. The van der Waals surface area contributed by atoms with E-state index in [1.807, 2.05) is 26.8 Å². The maximum absolute atomic E-state index is 11.7. The summed E-state index contributed by atoms with van der Waals surface area (Å²) in [6, 6.07) is 3.62. The van der Waals surface area contributed by atoms with E-state index in [-0.39, 0.29) is 5.91 Å². The zero-order chi connectivity index (χ0) is 13.1. The van der Waals surface area contributed by atoms with Crippen LogP contribution in [0.5, 0.6) is 0 Å². The van der Waals surface area contributed by atoms with Gasteiger partial charge in [0.2, 0.25) is 5.91 Å². The molecule has 4 nitrogen and oxygen atoms in total. The van der Waals surface area contributed by atoms with Gasteiger partial charge in [0.25, 0.3) is 0 Å². The minimum absolute atomic E-state index is 0.105. The third-order valence-corrected chi connectivity index (χ3v) is 3.27. The number of carbonyl (C=O) groups excluding carboxylic acids is 1. The van der Waals surface area contributed by atoms with Crippen molar-refractivity contribution in [2.75, 3.05) is 12.4 Å². The molecule has 1 heterocycles. The lowest BCUT2D eigenvalue weighted by atomic mass is 10.1. The van der Waals surface area contributed by atoms with E-state index >= 15 is 0 Å². The van der Waals surface area contributed by atoms with E-state index in [9.17, 15) is 4.79 Å². The third kappa shape index (κ3) is 4.44. The van der Waals surface area contributed by atoms with Gasteiger partial charge in [-0.25, -0.2) is 4.98 Å². The molecule has 5 heteroatoms. The zero-order valence-corrected chi connectivity index (χ0v) is 12.1. The molecule has 1 aromatic rings. The summed E-state index contributed by atoms with van der Waals surface area (Å²) in [6.45, 7) is 5.61. The molecule has 0 aliphatic rings. The summed E-state index contributed by atoms with van der Waals surface area (Å²) in [6.07, 6.45) is 0.292. The lowest BCUT2D eigenvalue weighted by Crippen LogP contribution is -2.29. The van der Waals surface area contributed by atoms with Crippen LogP contribution in [0.15, 0.2) is 16.6 Å². The molecule has 1 N–H and O–H groups in total. The van der Waals surface area contributed by atoms with E-state index in [2.05, 4.69) is 26.2 Å². The van der Waals surface area contributed by atoms with E-state index in [0.717, 1.165) is 10.2 Å². The van der Waals surface area contributed by atoms with Gasteiger partial charge in [0.1, 0.15) is 5.82 Å². The molecule has 1 amide bonds. The van der Waals surface area contributed by atoms with Gasteiger partial charge >= 0.3 is 0 Å². The number of rotatable bonds is 4. The second-order valence-electron chi connectivity index (χ2n) is 4.45. The van der Waals surface area contributed by atoms with Gasteiger partial charge in [-0.15, -0.1) is 0 Å². The average Bonchev–Trinajstić information content (AvgIpc) is 2.23. The Morgan fingerprint density at radius 1 is 1.53 bits per heavy atom. The highest BCUT2D eigenvalue weighted by atomic mass is 79.9. The Labute approximate surface area is 110 Å². The number of aromatic nitrogens is 1. The summed E-state index contributed by atoms with van der Waals surface area (Å²) in [5.74, 6) is 0.452. The molecule has 0 saturated carbocycles. The molecule has 0 fully saturated rings. The normalized spacial score (nSPS) is 11.4. The molecular weight excluding hydrogens is 284 g/mol. The van der Waals surface area contributed by atoms with Gasteiger partial charge in [-0.1, -0.05) is 0 Å². The molecule has 0 atom stereocenters. The van der Waals surface area contributed by atoms with Gasteiger partial charge in [-0.05, 0) is 48.8 Å². The molecule has 1 rings (SSSR count). The van der Waals surface area contributed by atoms with Crippen LogP contribution in [0.3, 0.4) is 0 Å². The number of aryl methyl sites for hydroxylation is 1. The van der Waals surface area contributed by atoms with Crippen LogP contribution in [0.4, 0.5) is 5.82 Å². The minimum atomic E-state index is -0.464. The average molecular weight is 301 g/mol. The first kappa shape index (κ1) is 14.1. The molecule has 0 saturated heterocycles. The smallest absolute Gasteiger partial charge is 0.228 e. The van der Waals surface area contributed by atoms with Crippen LogP contribution in [0.25, 0.3) is 0 Å². The molecule has 0 bridgehead atoms. The van der Waals surface area contributed by atoms with Crippen LogP contribution in [0.2, 0.25) is 0 Å². The monoisotopic (exact) mass is 300 g/mol. The fraction of sp³-hybridized carbons (Fsp3) is 0.500. The number of anilines is 1. The van der Waals surface area contributed by atoms with Crippen LogP contribution >= 0.6 is 15.9 Å². The van der Waals surface area contributed by atoms with Crippen molar-refractivity contribution in [3.63, 3.8) is 0 Å². The maximum Gasteiger partial charge on any atom is 0.228 e. The Balaban J connectivity index is 2.65. The molecule has 1 aromatic heterocycles. The number of ether oxygens (including phenoxy) is 1. The number of nitrogens with one attached hydrogen (secondary N) is 1. The molecular formula is C12H17BrN2O2. The van der Waals surface area contributed by atoms with Gasteiger partial charge in [-0.3, -0.25) is 4.79 Å². The summed E-state index contributed by atoms with van der Waals surface area (Å²) in [5.41, 5.74) is 0.378. The molecule has 0 aromatic carbocycles. The molecule has 0 spiro atoms. The van der Waals surface area contributed by atoms with Crippen molar-refractivity contribution in [1.29, 1.82) is 0 Å². The van der Waals surface area contributed by atoms with Gasteiger partial charge in [0.05, 0.1) is 17.7 Å². The van der Waals surface area contributed by atoms with Crippen LogP contribution in [-0.2, 0) is 9.53 Å². The first-order valence-electron chi connectivity index (χ1n) is 5.32. The van der Waals surface area contributed by atoms with Gasteiger partial charge in [0, 0.05) is 11.6 Å². The minimum Gasteiger partial charge on any atom is -0.378 e. The number of carbonyl (C=O) groups is 1. The van der Waals surface area contributed by atoms with Crippen molar-refractivity contribution in [3.8, 4) is 0 Å². The molecule has 94 valence electrons. The van der Waals surface area contributed by atoms with E-state index in [4.69, 9.17) is 4.74 Å². The lowest BCUT2D eigenvalue weighted by molar-refractivity contribution is -0.121. The quantitative estimate of drug-likeness (QED) is 0.930. The number of nitrogens with zero attached hydrogens (tertiary/aromatic N) is 1. The largest absolute Gasteiger partial charge is 0.378 e. The number of methoxy groups -OCH3 is 1. The molecule has 17 heavy (non-hydrogen) atoms. The van der Waals surface area contributed by atoms with Crippen molar-refractivity contribution in [2.24, 2.45) is 0 Å². The fourth-order valence-corrected chi connectivity index (χ4v) is 1.48. The second-order valence-corrected chi connectivity index (χ2v) is 5.31. The van der Waals surface area contributed by atoms with E-state index in [1.54, 1.807) is 13.2 Å². The standard InChI is InChI=1S/C12H17BrN2O2/c1-8-9(13)5-6-10(14-8)15-11(16)7-12(2,3)17-4/h5-6H,7H2,1-4H3,(H,14,15,16). The predicted molar refractivity (Wildman–Crippen MR) is 71.0 cm³/mol. The van der Waals surface area contributed by atoms with Crippen LogP contribution < -0.4 is 5.32 Å². The molecule has 0 aliphatic carbocycles. The maximum atomic E-state index is 11.7. The van der Waals surface area contributed by atoms with E-state index < -0.39 is 5.60 Å². The van der Waals surface area contributed by atoms with E-state index in [1.165, 1.54) is 0 Å². The summed E-state index contributed by atoms with van der Waals surface area (Å²) in [7, 11) is 1.59. The number of amides is 1. The van der Waals surface area contributed by atoms with Crippen LogP contribution in [0, 0.1) is 6.92 Å². The van der Waals surface area contributed by atoms with Gasteiger partial charge < -0.3 is 10.1 Å². The third-order valence-electron chi connectivity index (χ3n) is 2.43. The first-order chi connectivity index (χ1) is 7.84. The van der Waals surface area contributed by atoms with Crippen molar-refractivity contribution in [2.45, 2.75) is 32.8 Å². The highest BCUT2D eigenvalue weighted by Gasteiger charge is 2.21. The SMILES string of the molecule is COC(C)(C)CC(=O)Nc1ccc(Br)c(C)n1. The Kier molecular flexibility index (Phi) is 4.65. The summed E-state index contributed by atoms with van der Waals surface area (Å²) >= 11 is 3.36. The Bertz CT molecular complexity index is 419. The van der Waals surface area contributed by atoms with Gasteiger partial charge in [-0.2, -0.15) is 0 Å². The number of halogens is 1. The van der Waals surface area contributed by atoms with Crippen LogP contribution in [0.1, 0.15) is 26.0 Å². The van der Waals surface area contributed by atoms with Crippen LogP contribution in [-0.4, -0.2) is 23.6 Å². The molecule has 0 aliphatic heterocycles. The summed E-state index contributed by atoms with van der Waals surface area (Å²) in [5, 5.41) is 2.75. The number of hydrogen-bond acceptors (Lipinski definition) is 3. The second kappa shape index (κ2) is 5.60. The first-order valence-corrected chi connectivity index (χ1v) is 6.11. The topological polar surface area (TPSA) is 51.2 Å². The van der Waals surface area contributed by atoms with Crippen molar-refractivity contribution in [1.82, 2.24) is 4.98 Å². The highest BCUT2D eigenvalue weighted by molar-refractivity contribution is 9.10. The zero-order valence-electron chi connectivity index (χ0n) is 10.5. The van der Waals surface area contributed by atoms with Gasteiger partial charge in [0.15, 0.2) is 0 Å². The summed E-state index contributed by atoms with van der Waals surface area (Å²) in [4.78, 5) is 16.0. The Morgan fingerprint density at radius 3 is 2.71 bits per heavy atom. The van der Waals surface area contributed by atoms with Crippen molar-refractivity contribution >= 4 is 27.7 Å². The van der Waals surface area contributed by atoms with Crippen molar-refractivity contribution < 1.29 is 9.53 Å². The molecule has 0 radical (unpaired) electrons. The molecule has 0 unspecified atom stereocenters. The fourth-order valence-electron chi connectivity index (χ4n) is 1.26. The Hall–Kier alpha value is -0.940. The highest BCUT2D eigenvalue weighted by Crippen LogP contribution is 2.18.